The van der Waals surface area contributed by atoms with Gasteiger partial charge in [0, 0.05) is 25.2 Å². The third kappa shape index (κ3) is 5.39. The maximum absolute atomic E-state index is 5.93. The van der Waals surface area contributed by atoms with Gasteiger partial charge in [0.25, 0.3) is 0 Å². The van der Waals surface area contributed by atoms with Crippen LogP contribution in [0.15, 0.2) is 18.2 Å². The van der Waals surface area contributed by atoms with Gasteiger partial charge in [-0.25, -0.2) is 0 Å². The summed E-state index contributed by atoms with van der Waals surface area (Å²) in [4.78, 5) is 0. The van der Waals surface area contributed by atoms with Gasteiger partial charge < -0.3 is 14.8 Å². The summed E-state index contributed by atoms with van der Waals surface area (Å²) in [7, 11) is 1.69. The van der Waals surface area contributed by atoms with Gasteiger partial charge in [-0.05, 0) is 31.5 Å². The largest absolute Gasteiger partial charge is 0.489 e. The van der Waals surface area contributed by atoms with E-state index in [0.29, 0.717) is 11.6 Å². The van der Waals surface area contributed by atoms with Crippen LogP contribution in [-0.4, -0.2) is 32.9 Å². The molecule has 0 aliphatic carbocycles. The van der Waals surface area contributed by atoms with E-state index in [2.05, 4.69) is 5.32 Å². The molecule has 0 saturated heterocycles. The maximum Gasteiger partial charge on any atom is 0.124 e. The highest BCUT2D eigenvalue weighted by atomic mass is 35.5. The smallest absolute Gasteiger partial charge is 0.124 e. The Morgan fingerprint density at radius 2 is 2.18 bits per heavy atom. The van der Waals surface area contributed by atoms with Crippen molar-refractivity contribution in [3.05, 3.63) is 28.8 Å². The summed E-state index contributed by atoms with van der Waals surface area (Å²) in [6.07, 6.45) is 0.101. The zero-order chi connectivity index (χ0) is 12.7. The van der Waals surface area contributed by atoms with E-state index in [0.717, 1.165) is 24.4 Å². The molecule has 1 aromatic rings. The molecule has 1 N–H and O–H groups in total. The second kappa shape index (κ2) is 7.54. The van der Waals surface area contributed by atoms with Crippen LogP contribution < -0.4 is 10.1 Å². The van der Waals surface area contributed by atoms with Crippen molar-refractivity contribution < 1.29 is 9.47 Å². The standard InChI is InChI=1S/C13H20ClNO2/c1-10-4-5-12(14)8-13(10)17-11(2)9-15-6-7-16-3/h4-5,8,11,15H,6-7,9H2,1-3H3. The van der Waals surface area contributed by atoms with E-state index in [9.17, 15) is 0 Å². The van der Waals surface area contributed by atoms with Gasteiger partial charge in [0.05, 0.1) is 6.61 Å². The minimum Gasteiger partial charge on any atom is -0.489 e. The molecule has 0 radical (unpaired) electrons. The van der Waals surface area contributed by atoms with Crippen molar-refractivity contribution in [2.24, 2.45) is 0 Å². The molecular weight excluding hydrogens is 238 g/mol. The molecule has 17 heavy (non-hydrogen) atoms. The van der Waals surface area contributed by atoms with Crippen LogP contribution in [0.2, 0.25) is 5.02 Å². The van der Waals surface area contributed by atoms with Crippen LogP contribution in [-0.2, 0) is 4.74 Å². The van der Waals surface area contributed by atoms with Gasteiger partial charge in [0.2, 0.25) is 0 Å². The van der Waals surface area contributed by atoms with Gasteiger partial charge >= 0.3 is 0 Å². The molecule has 0 amide bonds. The van der Waals surface area contributed by atoms with E-state index in [-0.39, 0.29) is 6.10 Å². The first-order chi connectivity index (χ1) is 8.13. The molecular formula is C13H20ClNO2. The zero-order valence-corrected chi connectivity index (χ0v) is 11.4. The molecule has 4 heteroatoms. The highest BCUT2D eigenvalue weighted by molar-refractivity contribution is 6.30. The molecule has 1 unspecified atom stereocenters. The van der Waals surface area contributed by atoms with Crippen LogP contribution in [0.25, 0.3) is 0 Å². The Morgan fingerprint density at radius 1 is 1.41 bits per heavy atom. The SMILES string of the molecule is COCCNCC(C)Oc1cc(Cl)ccc1C. The molecule has 0 aliphatic heterocycles. The number of rotatable bonds is 7. The highest BCUT2D eigenvalue weighted by Crippen LogP contribution is 2.23. The number of aryl methyl sites for hydroxylation is 1. The van der Waals surface area contributed by atoms with Crippen molar-refractivity contribution in [2.75, 3.05) is 26.8 Å². The fraction of sp³-hybridized carbons (Fsp3) is 0.538. The zero-order valence-electron chi connectivity index (χ0n) is 10.6. The lowest BCUT2D eigenvalue weighted by Crippen LogP contribution is -2.31. The van der Waals surface area contributed by atoms with E-state index in [1.807, 2.05) is 32.0 Å². The summed E-state index contributed by atoms with van der Waals surface area (Å²) in [5.74, 6) is 0.846. The van der Waals surface area contributed by atoms with Gasteiger partial charge in [-0.3, -0.25) is 0 Å². The number of hydrogen-bond donors (Lipinski definition) is 1. The Hall–Kier alpha value is -0.770. The molecule has 0 aromatic heterocycles. The molecule has 1 rings (SSSR count). The van der Waals surface area contributed by atoms with E-state index >= 15 is 0 Å². The van der Waals surface area contributed by atoms with Gasteiger partial charge in [-0.2, -0.15) is 0 Å². The molecule has 0 bridgehead atoms. The monoisotopic (exact) mass is 257 g/mol. The first-order valence-corrected chi connectivity index (χ1v) is 6.13. The van der Waals surface area contributed by atoms with Crippen LogP contribution in [0.1, 0.15) is 12.5 Å². The molecule has 3 nitrogen and oxygen atoms in total. The highest BCUT2D eigenvalue weighted by Gasteiger charge is 2.06. The molecule has 1 aromatic carbocycles. The Morgan fingerprint density at radius 3 is 2.88 bits per heavy atom. The second-order valence-electron chi connectivity index (χ2n) is 4.04. The van der Waals surface area contributed by atoms with Gasteiger partial charge in [0.1, 0.15) is 11.9 Å². The van der Waals surface area contributed by atoms with Crippen molar-refractivity contribution in [1.29, 1.82) is 0 Å². The predicted octanol–water partition coefficient (Wildman–Crippen LogP) is 2.65. The molecule has 0 fully saturated rings. The average molecular weight is 258 g/mol. The van der Waals surface area contributed by atoms with Crippen LogP contribution in [0.3, 0.4) is 0 Å². The predicted molar refractivity (Wildman–Crippen MR) is 71.0 cm³/mol. The normalized spacial score (nSPS) is 12.5. The van der Waals surface area contributed by atoms with E-state index in [1.54, 1.807) is 7.11 Å². The first-order valence-electron chi connectivity index (χ1n) is 5.76. The Bertz CT molecular complexity index is 344. The molecule has 0 heterocycles. The van der Waals surface area contributed by atoms with Crippen molar-refractivity contribution in [3.8, 4) is 5.75 Å². The lowest BCUT2D eigenvalue weighted by molar-refractivity contribution is 0.184. The number of hydrogen-bond acceptors (Lipinski definition) is 3. The summed E-state index contributed by atoms with van der Waals surface area (Å²) in [6.45, 7) is 6.37. The molecule has 1 atom stereocenters. The Kier molecular flexibility index (Phi) is 6.34. The van der Waals surface area contributed by atoms with Crippen molar-refractivity contribution in [2.45, 2.75) is 20.0 Å². The summed E-state index contributed by atoms with van der Waals surface area (Å²) in [6, 6.07) is 5.68. The number of halogens is 1. The summed E-state index contributed by atoms with van der Waals surface area (Å²) in [5.41, 5.74) is 1.10. The fourth-order valence-electron chi connectivity index (χ4n) is 1.44. The topological polar surface area (TPSA) is 30.5 Å². The molecule has 96 valence electrons. The van der Waals surface area contributed by atoms with Crippen molar-refractivity contribution in [1.82, 2.24) is 5.32 Å². The van der Waals surface area contributed by atoms with E-state index in [4.69, 9.17) is 21.1 Å². The molecule has 0 saturated carbocycles. The van der Waals surface area contributed by atoms with Crippen LogP contribution in [0.4, 0.5) is 0 Å². The average Bonchev–Trinajstić information content (AvgIpc) is 2.29. The quantitative estimate of drug-likeness (QED) is 0.762. The van der Waals surface area contributed by atoms with Gasteiger partial charge in [-0.15, -0.1) is 0 Å². The Labute approximate surface area is 108 Å². The van der Waals surface area contributed by atoms with E-state index in [1.165, 1.54) is 0 Å². The summed E-state index contributed by atoms with van der Waals surface area (Å²) < 4.78 is 10.8. The maximum atomic E-state index is 5.93. The third-order valence-corrected chi connectivity index (χ3v) is 2.63. The van der Waals surface area contributed by atoms with Crippen LogP contribution in [0, 0.1) is 6.92 Å². The van der Waals surface area contributed by atoms with Crippen molar-refractivity contribution >= 4 is 11.6 Å². The summed E-state index contributed by atoms with van der Waals surface area (Å²) >= 11 is 5.93. The number of ether oxygens (including phenoxy) is 2. The minimum atomic E-state index is 0.101. The lowest BCUT2D eigenvalue weighted by Gasteiger charge is -2.17. The molecule has 0 spiro atoms. The van der Waals surface area contributed by atoms with Crippen LogP contribution in [0.5, 0.6) is 5.75 Å². The fourth-order valence-corrected chi connectivity index (χ4v) is 1.60. The van der Waals surface area contributed by atoms with Gasteiger partial charge in [0.15, 0.2) is 0 Å². The van der Waals surface area contributed by atoms with Crippen molar-refractivity contribution in [3.63, 3.8) is 0 Å². The lowest BCUT2D eigenvalue weighted by atomic mass is 10.2. The number of nitrogens with one attached hydrogen (secondary N) is 1. The number of benzene rings is 1. The second-order valence-corrected chi connectivity index (χ2v) is 4.47. The summed E-state index contributed by atoms with van der Waals surface area (Å²) in [5, 5.41) is 3.96. The van der Waals surface area contributed by atoms with Gasteiger partial charge in [-0.1, -0.05) is 17.7 Å². The van der Waals surface area contributed by atoms with E-state index < -0.39 is 0 Å². The molecule has 0 aliphatic rings. The number of methoxy groups -OCH3 is 1. The minimum absolute atomic E-state index is 0.101. The first kappa shape index (κ1) is 14.3. The van der Waals surface area contributed by atoms with Crippen LogP contribution >= 0.6 is 11.6 Å². The third-order valence-electron chi connectivity index (χ3n) is 2.39. The Balaban J connectivity index is 2.39.